The molecule has 0 aliphatic rings. The Morgan fingerprint density at radius 2 is 2.28 bits per heavy atom. The van der Waals surface area contributed by atoms with Gasteiger partial charge < -0.3 is 15.5 Å². The molecule has 0 saturated carbocycles. The number of aryl methyl sites for hydroxylation is 1. The molecule has 1 aromatic carbocycles. The Labute approximate surface area is 115 Å². The van der Waals surface area contributed by atoms with Gasteiger partial charge in [0.25, 0.3) is 0 Å². The third kappa shape index (κ3) is 2.91. The SMILES string of the molecule is COCCCC(N)c1nc2c(C)cc(Br)cc2[nH]1. The van der Waals surface area contributed by atoms with Gasteiger partial charge in [0.05, 0.1) is 17.1 Å². The standard InChI is InChI=1S/C13H18BrN3O/c1-8-6-9(14)7-11-12(8)17-13(16-11)10(15)4-3-5-18-2/h6-7,10H,3-5,15H2,1-2H3,(H,16,17). The van der Waals surface area contributed by atoms with Crippen molar-refractivity contribution in [2.24, 2.45) is 5.73 Å². The van der Waals surface area contributed by atoms with Gasteiger partial charge in [-0.2, -0.15) is 0 Å². The number of hydrogen-bond acceptors (Lipinski definition) is 3. The largest absolute Gasteiger partial charge is 0.385 e. The van der Waals surface area contributed by atoms with Crippen LogP contribution >= 0.6 is 15.9 Å². The van der Waals surface area contributed by atoms with Crippen LogP contribution in [-0.2, 0) is 4.74 Å². The maximum Gasteiger partial charge on any atom is 0.124 e. The molecule has 0 bridgehead atoms. The van der Waals surface area contributed by atoms with E-state index in [9.17, 15) is 0 Å². The summed E-state index contributed by atoms with van der Waals surface area (Å²) in [6, 6.07) is 4.02. The van der Waals surface area contributed by atoms with E-state index in [4.69, 9.17) is 10.5 Å². The van der Waals surface area contributed by atoms with Gasteiger partial charge in [0.2, 0.25) is 0 Å². The number of fused-ring (bicyclic) bond motifs is 1. The molecular weight excluding hydrogens is 294 g/mol. The minimum Gasteiger partial charge on any atom is -0.385 e. The third-order valence-corrected chi connectivity index (χ3v) is 3.43. The van der Waals surface area contributed by atoms with Crippen LogP contribution in [0.3, 0.4) is 0 Å². The first-order valence-electron chi connectivity index (χ1n) is 6.02. The Morgan fingerprint density at radius 1 is 1.50 bits per heavy atom. The molecule has 3 N–H and O–H groups in total. The molecule has 2 aromatic rings. The highest BCUT2D eigenvalue weighted by molar-refractivity contribution is 9.10. The van der Waals surface area contributed by atoms with E-state index in [-0.39, 0.29) is 6.04 Å². The monoisotopic (exact) mass is 311 g/mol. The second kappa shape index (κ2) is 5.82. The fraction of sp³-hybridized carbons (Fsp3) is 0.462. The predicted molar refractivity (Wildman–Crippen MR) is 76.6 cm³/mol. The van der Waals surface area contributed by atoms with Crippen LogP contribution in [0.15, 0.2) is 16.6 Å². The number of imidazole rings is 1. The maximum atomic E-state index is 6.13. The van der Waals surface area contributed by atoms with Crippen LogP contribution in [0.4, 0.5) is 0 Å². The summed E-state index contributed by atoms with van der Waals surface area (Å²) in [5.74, 6) is 0.849. The van der Waals surface area contributed by atoms with E-state index >= 15 is 0 Å². The normalized spacial score (nSPS) is 13.1. The summed E-state index contributed by atoms with van der Waals surface area (Å²) < 4.78 is 6.08. The smallest absolute Gasteiger partial charge is 0.124 e. The molecule has 0 saturated heterocycles. The lowest BCUT2D eigenvalue weighted by Crippen LogP contribution is -2.12. The molecule has 0 amide bonds. The molecule has 2 rings (SSSR count). The number of nitrogens with two attached hydrogens (primary N) is 1. The number of nitrogens with zero attached hydrogens (tertiary/aromatic N) is 1. The molecule has 1 unspecified atom stereocenters. The van der Waals surface area contributed by atoms with Crippen molar-refractivity contribution in [2.75, 3.05) is 13.7 Å². The fourth-order valence-corrected chi connectivity index (χ4v) is 2.60. The summed E-state index contributed by atoms with van der Waals surface area (Å²) in [6.45, 7) is 2.78. The van der Waals surface area contributed by atoms with E-state index in [1.807, 2.05) is 13.0 Å². The molecule has 1 atom stereocenters. The van der Waals surface area contributed by atoms with E-state index in [0.29, 0.717) is 0 Å². The van der Waals surface area contributed by atoms with Crippen LogP contribution < -0.4 is 5.73 Å². The van der Waals surface area contributed by atoms with Crippen molar-refractivity contribution in [1.29, 1.82) is 0 Å². The lowest BCUT2D eigenvalue weighted by atomic mass is 10.1. The van der Waals surface area contributed by atoms with Crippen molar-refractivity contribution in [3.63, 3.8) is 0 Å². The van der Waals surface area contributed by atoms with Gasteiger partial charge in [-0.25, -0.2) is 4.98 Å². The van der Waals surface area contributed by atoms with Crippen LogP contribution in [0.5, 0.6) is 0 Å². The first-order chi connectivity index (χ1) is 8.61. The zero-order valence-electron chi connectivity index (χ0n) is 10.7. The zero-order chi connectivity index (χ0) is 13.1. The number of hydrogen-bond donors (Lipinski definition) is 2. The average molecular weight is 312 g/mol. The average Bonchev–Trinajstić information content (AvgIpc) is 2.73. The first kappa shape index (κ1) is 13.5. The molecule has 18 heavy (non-hydrogen) atoms. The second-order valence-electron chi connectivity index (χ2n) is 4.48. The number of aromatic nitrogens is 2. The molecule has 98 valence electrons. The minimum atomic E-state index is -0.0641. The minimum absolute atomic E-state index is 0.0641. The van der Waals surface area contributed by atoms with Crippen LogP contribution in [0, 0.1) is 6.92 Å². The zero-order valence-corrected chi connectivity index (χ0v) is 12.3. The summed E-state index contributed by atoms with van der Waals surface area (Å²) >= 11 is 3.49. The van der Waals surface area contributed by atoms with E-state index in [2.05, 4.69) is 32.0 Å². The topological polar surface area (TPSA) is 63.9 Å². The molecule has 0 aliphatic carbocycles. The number of methoxy groups -OCH3 is 1. The summed E-state index contributed by atoms with van der Waals surface area (Å²) in [7, 11) is 1.70. The lowest BCUT2D eigenvalue weighted by molar-refractivity contribution is 0.190. The fourth-order valence-electron chi connectivity index (χ4n) is 2.03. The number of benzene rings is 1. The van der Waals surface area contributed by atoms with Crippen molar-refractivity contribution in [3.8, 4) is 0 Å². The molecular formula is C13H18BrN3O. The Kier molecular flexibility index (Phi) is 4.37. The van der Waals surface area contributed by atoms with Gasteiger partial charge in [0, 0.05) is 18.2 Å². The third-order valence-electron chi connectivity index (χ3n) is 2.98. The maximum absolute atomic E-state index is 6.13. The Hall–Kier alpha value is -0.910. The Balaban J connectivity index is 2.21. The molecule has 0 spiro atoms. The summed E-state index contributed by atoms with van der Waals surface area (Å²) in [4.78, 5) is 7.89. The second-order valence-corrected chi connectivity index (χ2v) is 5.40. The van der Waals surface area contributed by atoms with Gasteiger partial charge in [-0.3, -0.25) is 0 Å². The predicted octanol–water partition coefficient (Wildman–Crippen LogP) is 3.06. The summed E-state index contributed by atoms with van der Waals surface area (Å²) in [5, 5.41) is 0. The van der Waals surface area contributed by atoms with Crippen molar-refractivity contribution >= 4 is 27.0 Å². The quantitative estimate of drug-likeness (QED) is 0.834. The lowest BCUT2D eigenvalue weighted by Gasteiger charge is -2.07. The van der Waals surface area contributed by atoms with Crippen LogP contribution in [-0.4, -0.2) is 23.7 Å². The van der Waals surface area contributed by atoms with Gasteiger partial charge in [-0.05, 0) is 37.5 Å². The molecule has 1 heterocycles. The summed E-state index contributed by atoms with van der Waals surface area (Å²) in [6.07, 6.45) is 1.81. The number of ether oxygens (including phenoxy) is 1. The van der Waals surface area contributed by atoms with Gasteiger partial charge in [0.15, 0.2) is 0 Å². The number of rotatable bonds is 5. The Morgan fingerprint density at radius 3 is 3.00 bits per heavy atom. The van der Waals surface area contributed by atoms with Crippen molar-refractivity contribution in [1.82, 2.24) is 9.97 Å². The van der Waals surface area contributed by atoms with Crippen molar-refractivity contribution < 1.29 is 4.74 Å². The van der Waals surface area contributed by atoms with Crippen LogP contribution in [0.25, 0.3) is 11.0 Å². The highest BCUT2D eigenvalue weighted by atomic mass is 79.9. The highest BCUT2D eigenvalue weighted by Gasteiger charge is 2.12. The van der Waals surface area contributed by atoms with Gasteiger partial charge in [0.1, 0.15) is 5.82 Å². The molecule has 1 aromatic heterocycles. The molecule has 4 nitrogen and oxygen atoms in total. The summed E-state index contributed by atoms with van der Waals surface area (Å²) in [5.41, 5.74) is 9.29. The van der Waals surface area contributed by atoms with Gasteiger partial charge >= 0.3 is 0 Å². The number of halogens is 1. The van der Waals surface area contributed by atoms with Crippen molar-refractivity contribution in [3.05, 3.63) is 28.0 Å². The van der Waals surface area contributed by atoms with Crippen molar-refractivity contribution in [2.45, 2.75) is 25.8 Å². The molecule has 0 aliphatic heterocycles. The molecule has 0 fully saturated rings. The van der Waals surface area contributed by atoms with Crippen LogP contribution in [0.1, 0.15) is 30.3 Å². The number of aromatic amines is 1. The van der Waals surface area contributed by atoms with E-state index in [0.717, 1.165) is 46.3 Å². The van der Waals surface area contributed by atoms with Gasteiger partial charge in [-0.15, -0.1) is 0 Å². The van der Waals surface area contributed by atoms with Gasteiger partial charge in [-0.1, -0.05) is 15.9 Å². The number of H-pyrrole nitrogens is 1. The van der Waals surface area contributed by atoms with E-state index in [1.54, 1.807) is 7.11 Å². The van der Waals surface area contributed by atoms with E-state index < -0.39 is 0 Å². The molecule has 0 radical (unpaired) electrons. The highest BCUT2D eigenvalue weighted by Crippen LogP contribution is 2.24. The first-order valence-corrected chi connectivity index (χ1v) is 6.81. The van der Waals surface area contributed by atoms with Crippen LogP contribution in [0.2, 0.25) is 0 Å². The Bertz CT molecular complexity index is 538. The number of nitrogens with one attached hydrogen (secondary N) is 1. The van der Waals surface area contributed by atoms with E-state index in [1.165, 1.54) is 0 Å². The molecule has 5 heteroatoms.